The van der Waals surface area contributed by atoms with Gasteiger partial charge < -0.3 is 10.1 Å². The molecule has 0 amide bonds. The van der Waals surface area contributed by atoms with Gasteiger partial charge in [0, 0.05) is 19.2 Å². The Morgan fingerprint density at radius 2 is 1.94 bits per heavy atom. The number of aryl methyl sites for hydroxylation is 1. The molecular formula is C13H26N4O. The predicted octanol–water partition coefficient (Wildman–Crippen LogP) is 1.98. The van der Waals surface area contributed by atoms with Crippen molar-refractivity contribution in [2.45, 2.75) is 65.3 Å². The summed E-state index contributed by atoms with van der Waals surface area (Å²) in [6.07, 6.45) is 2.52. The second-order valence-electron chi connectivity index (χ2n) is 6.22. The van der Waals surface area contributed by atoms with Crippen molar-refractivity contribution in [3.8, 4) is 0 Å². The molecule has 0 atom stereocenters. The largest absolute Gasteiger partial charge is 0.379 e. The third kappa shape index (κ3) is 5.14. The Kier molecular flexibility index (Phi) is 4.87. The van der Waals surface area contributed by atoms with Crippen LogP contribution in [0, 0.1) is 0 Å². The summed E-state index contributed by atoms with van der Waals surface area (Å²) in [4.78, 5) is 4.29. The van der Waals surface area contributed by atoms with Crippen molar-refractivity contribution in [3.05, 3.63) is 12.2 Å². The SMILES string of the molecule is COC(C)(C)CCn1ncnc1CNC(C)(C)C. The summed E-state index contributed by atoms with van der Waals surface area (Å²) in [7, 11) is 1.74. The van der Waals surface area contributed by atoms with Gasteiger partial charge in [0.2, 0.25) is 0 Å². The monoisotopic (exact) mass is 254 g/mol. The van der Waals surface area contributed by atoms with Crippen molar-refractivity contribution in [3.63, 3.8) is 0 Å². The molecule has 0 unspecified atom stereocenters. The lowest BCUT2D eigenvalue weighted by molar-refractivity contribution is 0.0111. The maximum atomic E-state index is 5.41. The van der Waals surface area contributed by atoms with Crippen LogP contribution in [0.1, 0.15) is 46.9 Å². The van der Waals surface area contributed by atoms with Crippen LogP contribution in [0.15, 0.2) is 6.33 Å². The second kappa shape index (κ2) is 5.80. The van der Waals surface area contributed by atoms with Crippen LogP contribution in [0.5, 0.6) is 0 Å². The molecular weight excluding hydrogens is 228 g/mol. The number of nitrogens with one attached hydrogen (secondary N) is 1. The lowest BCUT2D eigenvalue weighted by Gasteiger charge is -2.23. The first kappa shape index (κ1) is 15.1. The Labute approximate surface area is 110 Å². The summed E-state index contributed by atoms with van der Waals surface area (Å²) in [5.74, 6) is 0.969. The second-order valence-corrected chi connectivity index (χ2v) is 6.22. The summed E-state index contributed by atoms with van der Waals surface area (Å²) in [6.45, 7) is 12.1. The number of hydrogen-bond acceptors (Lipinski definition) is 4. The number of hydrogen-bond donors (Lipinski definition) is 1. The molecule has 5 nitrogen and oxygen atoms in total. The highest BCUT2D eigenvalue weighted by Gasteiger charge is 2.18. The average Bonchev–Trinajstić information content (AvgIpc) is 2.70. The van der Waals surface area contributed by atoms with E-state index in [1.54, 1.807) is 13.4 Å². The summed E-state index contributed by atoms with van der Waals surface area (Å²) in [6, 6.07) is 0. The molecule has 0 bridgehead atoms. The number of methoxy groups -OCH3 is 1. The van der Waals surface area contributed by atoms with Crippen molar-refractivity contribution in [2.75, 3.05) is 7.11 Å². The molecule has 104 valence electrons. The molecule has 0 saturated heterocycles. The van der Waals surface area contributed by atoms with Gasteiger partial charge in [0.15, 0.2) is 0 Å². The van der Waals surface area contributed by atoms with Gasteiger partial charge in [-0.2, -0.15) is 5.10 Å². The van der Waals surface area contributed by atoms with Crippen molar-refractivity contribution < 1.29 is 4.74 Å². The van der Waals surface area contributed by atoms with Gasteiger partial charge >= 0.3 is 0 Å². The van der Waals surface area contributed by atoms with Crippen LogP contribution in [0.2, 0.25) is 0 Å². The fourth-order valence-corrected chi connectivity index (χ4v) is 1.43. The van der Waals surface area contributed by atoms with Gasteiger partial charge in [-0.3, -0.25) is 0 Å². The van der Waals surface area contributed by atoms with E-state index in [1.165, 1.54) is 0 Å². The van der Waals surface area contributed by atoms with Gasteiger partial charge in [0.1, 0.15) is 12.2 Å². The van der Waals surface area contributed by atoms with E-state index < -0.39 is 0 Å². The van der Waals surface area contributed by atoms with E-state index in [4.69, 9.17) is 4.74 Å². The molecule has 1 rings (SSSR count). The number of ether oxygens (including phenoxy) is 1. The number of aromatic nitrogens is 3. The maximum Gasteiger partial charge on any atom is 0.140 e. The van der Waals surface area contributed by atoms with Crippen molar-refractivity contribution in [1.29, 1.82) is 0 Å². The lowest BCUT2D eigenvalue weighted by Crippen LogP contribution is -2.36. The first-order valence-corrected chi connectivity index (χ1v) is 6.40. The zero-order valence-electron chi connectivity index (χ0n) is 12.4. The van der Waals surface area contributed by atoms with Crippen LogP contribution in [0.25, 0.3) is 0 Å². The summed E-state index contributed by atoms with van der Waals surface area (Å²) in [5, 5.41) is 7.69. The maximum absolute atomic E-state index is 5.41. The minimum atomic E-state index is -0.124. The Morgan fingerprint density at radius 3 is 2.50 bits per heavy atom. The Bertz CT molecular complexity index is 365. The molecule has 1 aromatic heterocycles. The van der Waals surface area contributed by atoms with Gasteiger partial charge in [-0.25, -0.2) is 9.67 Å². The fraction of sp³-hybridized carbons (Fsp3) is 0.846. The molecule has 0 fully saturated rings. The highest BCUT2D eigenvalue weighted by molar-refractivity contribution is 4.87. The zero-order chi connectivity index (χ0) is 13.8. The molecule has 1 aromatic rings. The minimum Gasteiger partial charge on any atom is -0.379 e. The van der Waals surface area contributed by atoms with E-state index in [1.807, 2.05) is 4.68 Å². The van der Waals surface area contributed by atoms with Crippen molar-refractivity contribution in [2.24, 2.45) is 0 Å². The molecule has 1 N–H and O–H groups in total. The van der Waals surface area contributed by atoms with Crippen LogP contribution < -0.4 is 5.32 Å². The van der Waals surface area contributed by atoms with E-state index in [0.717, 1.165) is 25.3 Å². The quantitative estimate of drug-likeness (QED) is 0.843. The minimum absolute atomic E-state index is 0.0859. The van der Waals surface area contributed by atoms with Crippen molar-refractivity contribution in [1.82, 2.24) is 20.1 Å². The third-order valence-corrected chi connectivity index (χ3v) is 2.95. The Morgan fingerprint density at radius 1 is 1.28 bits per heavy atom. The van der Waals surface area contributed by atoms with Crippen LogP contribution >= 0.6 is 0 Å². The lowest BCUT2D eigenvalue weighted by atomic mass is 10.1. The predicted molar refractivity (Wildman–Crippen MR) is 72.3 cm³/mol. The van der Waals surface area contributed by atoms with Crippen LogP contribution in [-0.2, 0) is 17.8 Å². The highest BCUT2D eigenvalue weighted by Crippen LogP contribution is 2.14. The molecule has 0 aromatic carbocycles. The van der Waals surface area contributed by atoms with Gasteiger partial charge in [-0.15, -0.1) is 0 Å². The molecule has 0 aliphatic carbocycles. The summed E-state index contributed by atoms with van der Waals surface area (Å²) >= 11 is 0. The third-order valence-electron chi connectivity index (χ3n) is 2.95. The smallest absolute Gasteiger partial charge is 0.140 e. The summed E-state index contributed by atoms with van der Waals surface area (Å²) in [5.41, 5.74) is -0.0384. The molecule has 0 spiro atoms. The zero-order valence-corrected chi connectivity index (χ0v) is 12.4. The van der Waals surface area contributed by atoms with Gasteiger partial charge in [-0.05, 0) is 41.0 Å². The first-order chi connectivity index (χ1) is 8.23. The molecule has 18 heavy (non-hydrogen) atoms. The average molecular weight is 254 g/mol. The van der Waals surface area contributed by atoms with E-state index in [9.17, 15) is 0 Å². The van der Waals surface area contributed by atoms with Crippen molar-refractivity contribution >= 4 is 0 Å². The molecule has 0 aliphatic rings. The van der Waals surface area contributed by atoms with Gasteiger partial charge in [0.05, 0.1) is 12.1 Å². The number of rotatable bonds is 6. The van der Waals surface area contributed by atoms with Crippen LogP contribution in [0.4, 0.5) is 0 Å². The van der Waals surface area contributed by atoms with Gasteiger partial charge in [0.25, 0.3) is 0 Å². The summed E-state index contributed by atoms with van der Waals surface area (Å²) < 4.78 is 7.36. The fourth-order valence-electron chi connectivity index (χ4n) is 1.43. The molecule has 0 aliphatic heterocycles. The normalized spacial score (nSPS) is 13.0. The van der Waals surface area contributed by atoms with E-state index in [0.29, 0.717) is 0 Å². The Balaban J connectivity index is 2.55. The van der Waals surface area contributed by atoms with Crippen LogP contribution in [0.3, 0.4) is 0 Å². The standard InChI is InChI=1S/C13H26N4O/c1-12(2,3)15-9-11-14-10-16-17(11)8-7-13(4,5)18-6/h10,15H,7-9H2,1-6H3. The molecule has 0 radical (unpaired) electrons. The van der Waals surface area contributed by atoms with E-state index >= 15 is 0 Å². The Hall–Kier alpha value is -0.940. The topological polar surface area (TPSA) is 52.0 Å². The molecule has 0 saturated carbocycles. The number of nitrogens with zero attached hydrogens (tertiary/aromatic N) is 3. The van der Waals surface area contributed by atoms with E-state index in [-0.39, 0.29) is 11.1 Å². The molecule has 1 heterocycles. The first-order valence-electron chi connectivity index (χ1n) is 6.40. The molecule has 5 heteroatoms. The van der Waals surface area contributed by atoms with Crippen LogP contribution in [-0.4, -0.2) is 33.0 Å². The van der Waals surface area contributed by atoms with Gasteiger partial charge in [-0.1, -0.05) is 0 Å². The van der Waals surface area contributed by atoms with E-state index in [2.05, 4.69) is 50.0 Å². The highest BCUT2D eigenvalue weighted by atomic mass is 16.5.